The van der Waals surface area contributed by atoms with Crippen LogP contribution in [0.1, 0.15) is 126 Å². The Kier molecular flexibility index (Phi) is 11.2. The number of ether oxygens (including phenoxy) is 2. The molecule has 0 radical (unpaired) electrons. The van der Waals surface area contributed by atoms with Gasteiger partial charge in [-0.15, -0.1) is 0 Å². The van der Waals surface area contributed by atoms with E-state index < -0.39 is 24.3 Å². The zero-order chi connectivity index (χ0) is 47.1. The van der Waals surface area contributed by atoms with Crippen LogP contribution in [-0.2, 0) is 19.1 Å². The molecule has 12 rings (SSSR count). The van der Waals surface area contributed by atoms with Gasteiger partial charge in [-0.3, -0.25) is 9.59 Å². The summed E-state index contributed by atoms with van der Waals surface area (Å²) in [6.45, 7) is 7.75. The number of likely N-dealkylation sites (tertiary alicyclic amines) is 2. The molecule has 2 bridgehead atoms. The number of aromatic amines is 2. The Hall–Kier alpha value is -6.44. The fourth-order valence-electron chi connectivity index (χ4n) is 12.4. The summed E-state index contributed by atoms with van der Waals surface area (Å²) >= 11 is 0. The topological polar surface area (TPSA) is 175 Å². The summed E-state index contributed by atoms with van der Waals surface area (Å²) in [4.78, 5) is 72.9. The lowest BCUT2D eigenvalue weighted by Crippen LogP contribution is -2.52. The minimum Gasteiger partial charge on any atom is -0.453 e. The molecule has 3 aromatic carbocycles. The van der Waals surface area contributed by atoms with Crippen molar-refractivity contribution >= 4 is 24.0 Å². The van der Waals surface area contributed by atoms with Gasteiger partial charge in [0.1, 0.15) is 23.7 Å². The van der Waals surface area contributed by atoms with Crippen LogP contribution in [0.5, 0.6) is 0 Å². The van der Waals surface area contributed by atoms with Crippen LogP contribution in [0.25, 0.3) is 44.8 Å². The quantitative estimate of drug-likeness (QED) is 0.0957. The highest BCUT2D eigenvalue weighted by molar-refractivity contribution is 5.88. The van der Waals surface area contributed by atoms with Gasteiger partial charge < -0.3 is 39.9 Å². The molecular formula is C54H62N8O6. The first kappa shape index (κ1) is 44.1. The maximum atomic E-state index is 13.9. The van der Waals surface area contributed by atoms with Gasteiger partial charge in [0, 0.05) is 12.1 Å². The molecule has 4 amide bonds. The van der Waals surface area contributed by atoms with E-state index in [2.05, 4.69) is 81.3 Å². The lowest BCUT2D eigenvalue weighted by molar-refractivity contribution is -0.137. The van der Waals surface area contributed by atoms with Crippen molar-refractivity contribution in [2.45, 2.75) is 127 Å². The Morgan fingerprint density at radius 3 is 1.28 bits per heavy atom. The van der Waals surface area contributed by atoms with E-state index in [0.29, 0.717) is 23.7 Å². The van der Waals surface area contributed by atoms with E-state index in [-0.39, 0.29) is 47.8 Å². The van der Waals surface area contributed by atoms with Crippen molar-refractivity contribution in [3.05, 3.63) is 95.8 Å². The predicted molar refractivity (Wildman–Crippen MR) is 257 cm³/mol. The molecule has 5 aliphatic carbocycles. The standard InChI is InChI=1S/C54H62N8O6/c1-27(2)47(59-53(65)67-5)51(63)61-41-21-35(41)23-43(61)49-55-25-39(57-49)31-11-7-29(8-12-31)37-19-20-38(46-34-17-15-33(16-18-34)45(37)46)30-9-13-32(14-10-30)40-26-56-50(58-40)44-24-36-22-42(36)62(44)52(64)48(28(3)4)60-54(66)68-6/h7-14,19-20,25-28,33-36,41-44,47-48H,15-18,21-24H2,1-6H3,(H,55,57)(H,56,58)(H,59,65)(H,60,66)/t33?,34?,35?,36?,41?,42?,43-,44?,47-,48-/m0/s1. The van der Waals surface area contributed by atoms with Crippen LogP contribution in [0.2, 0.25) is 0 Å². The molecule has 5 fully saturated rings. The molecule has 7 aliphatic rings. The average Bonchev–Trinajstić information content (AvgIpc) is 3.94. The number of amides is 4. The predicted octanol–water partition coefficient (Wildman–Crippen LogP) is 9.64. The summed E-state index contributed by atoms with van der Waals surface area (Å²) in [7, 11) is 2.63. The second kappa shape index (κ2) is 17.3. The highest BCUT2D eigenvalue weighted by Gasteiger charge is 2.57. The first-order valence-corrected chi connectivity index (χ1v) is 24.7. The molecule has 14 heteroatoms. The summed E-state index contributed by atoms with van der Waals surface area (Å²) in [6, 6.07) is 20.9. The summed E-state index contributed by atoms with van der Waals surface area (Å²) in [5.74, 6) is 3.17. The molecule has 14 nitrogen and oxygen atoms in total. The van der Waals surface area contributed by atoms with Gasteiger partial charge in [-0.1, -0.05) is 88.4 Å². The molecule has 4 N–H and O–H groups in total. The van der Waals surface area contributed by atoms with Gasteiger partial charge in [0.25, 0.3) is 0 Å². The molecular weight excluding hydrogens is 857 g/mol. The second-order valence-electron chi connectivity index (χ2n) is 20.9. The Balaban J connectivity index is 0.815. The summed E-state index contributed by atoms with van der Waals surface area (Å²) in [5, 5.41) is 5.54. The van der Waals surface area contributed by atoms with Crippen LogP contribution in [0, 0.1) is 23.7 Å². The van der Waals surface area contributed by atoms with Crippen molar-refractivity contribution in [2.24, 2.45) is 23.7 Å². The van der Waals surface area contributed by atoms with Crippen molar-refractivity contribution in [1.29, 1.82) is 0 Å². The third kappa shape index (κ3) is 7.73. The summed E-state index contributed by atoms with van der Waals surface area (Å²) in [5.41, 5.74) is 12.0. The lowest BCUT2D eigenvalue weighted by Gasteiger charge is -2.41. The molecule has 4 heterocycles. The largest absolute Gasteiger partial charge is 0.453 e. The number of aromatic nitrogens is 4. The maximum absolute atomic E-state index is 13.9. The minimum atomic E-state index is -0.672. The number of piperidine rings is 2. The van der Waals surface area contributed by atoms with Gasteiger partial charge in [0.05, 0.1) is 50.1 Å². The van der Waals surface area contributed by atoms with Crippen molar-refractivity contribution in [2.75, 3.05) is 14.2 Å². The summed E-state index contributed by atoms with van der Waals surface area (Å²) in [6.07, 6.45) is 11.1. The smallest absolute Gasteiger partial charge is 0.407 e. The molecule has 5 unspecified atom stereocenters. The van der Waals surface area contributed by atoms with E-state index in [4.69, 9.17) is 19.4 Å². The fraction of sp³-hybridized carbons (Fsp3) is 0.481. The van der Waals surface area contributed by atoms with Gasteiger partial charge in [-0.05, 0) is 131 Å². The second-order valence-corrected chi connectivity index (χ2v) is 20.9. The first-order chi connectivity index (χ1) is 32.9. The van der Waals surface area contributed by atoms with E-state index in [0.717, 1.165) is 59.8 Å². The number of fused-ring (bicyclic) bond motifs is 4. The molecule has 2 saturated heterocycles. The zero-order valence-electron chi connectivity index (χ0n) is 39.8. The molecule has 5 aromatic rings. The van der Waals surface area contributed by atoms with E-state index in [1.165, 1.54) is 73.3 Å². The number of carbonyl (C=O) groups excluding carboxylic acids is 4. The SMILES string of the molecule is COC(=O)N[C@H](C(=O)N1C(c2ncc(-c3ccc(-c4ccc(-c5ccc(-c6cnc([C@@H]7CC8CC8N7C(=O)[C@@H](NC(=O)OC)C(C)C)[nH]6)cc5)c5c4C4CCC5CC4)cc3)[nH]2)CC2CC21)C(C)C. The number of nitrogens with one attached hydrogen (secondary N) is 4. The van der Waals surface area contributed by atoms with Crippen LogP contribution >= 0.6 is 0 Å². The van der Waals surface area contributed by atoms with E-state index >= 15 is 0 Å². The van der Waals surface area contributed by atoms with Crippen LogP contribution in [0.3, 0.4) is 0 Å². The molecule has 3 saturated carbocycles. The van der Waals surface area contributed by atoms with Gasteiger partial charge in [0.2, 0.25) is 11.8 Å². The Morgan fingerprint density at radius 1 is 0.559 bits per heavy atom. The number of methoxy groups -OCH3 is 2. The zero-order valence-corrected chi connectivity index (χ0v) is 39.8. The number of rotatable bonds is 12. The van der Waals surface area contributed by atoms with E-state index in [1.807, 2.05) is 49.9 Å². The highest BCUT2D eigenvalue weighted by atomic mass is 16.5. The average molecular weight is 919 g/mol. The number of benzene rings is 3. The Morgan fingerprint density at radius 2 is 0.926 bits per heavy atom. The van der Waals surface area contributed by atoms with Crippen molar-refractivity contribution in [3.63, 3.8) is 0 Å². The normalized spacial score (nSPS) is 25.9. The van der Waals surface area contributed by atoms with E-state index in [1.54, 1.807) is 0 Å². The lowest BCUT2D eigenvalue weighted by atomic mass is 9.63. The van der Waals surface area contributed by atoms with Gasteiger partial charge in [-0.25, -0.2) is 19.6 Å². The van der Waals surface area contributed by atoms with Crippen LogP contribution in [-0.4, -0.2) is 92.1 Å². The van der Waals surface area contributed by atoms with Gasteiger partial charge in [-0.2, -0.15) is 0 Å². The molecule has 2 aliphatic heterocycles. The number of hydrogen-bond donors (Lipinski definition) is 4. The number of carbonyl (C=O) groups is 4. The monoisotopic (exact) mass is 918 g/mol. The Labute approximate surface area is 397 Å². The van der Waals surface area contributed by atoms with Crippen LogP contribution in [0.15, 0.2) is 73.1 Å². The fourth-order valence-corrected chi connectivity index (χ4v) is 12.4. The van der Waals surface area contributed by atoms with Crippen LogP contribution in [0.4, 0.5) is 9.59 Å². The molecule has 354 valence electrons. The number of imidazole rings is 2. The number of hydrogen-bond acceptors (Lipinski definition) is 8. The Bertz CT molecular complexity index is 2570. The molecule has 68 heavy (non-hydrogen) atoms. The number of H-pyrrole nitrogens is 2. The van der Waals surface area contributed by atoms with Crippen molar-refractivity contribution < 1.29 is 28.7 Å². The van der Waals surface area contributed by atoms with Crippen molar-refractivity contribution in [1.82, 2.24) is 40.4 Å². The van der Waals surface area contributed by atoms with Crippen LogP contribution < -0.4 is 10.6 Å². The van der Waals surface area contributed by atoms with Crippen molar-refractivity contribution in [3.8, 4) is 44.8 Å². The number of nitrogens with zero attached hydrogens (tertiary/aromatic N) is 4. The molecule has 2 aromatic heterocycles. The third-order valence-corrected chi connectivity index (χ3v) is 16.2. The summed E-state index contributed by atoms with van der Waals surface area (Å²) < 4.78 is 9.68. The number of alkyl carbamates (subject to hydrolysis) is 2. The molecule has 8 atom stereocenters. The van der Waals surface area contributed by atoms with Gasteiger partial charge in [0.15, 0.2) is 0 Å². The maximum Gasteiger partial charge on any atom is 0.407 e. The highest BCUT2D eigenvalue weighted by Crippen LogP contribution is 2.57. The third-order valence-electron chi connectivity index (χ3n) is 16.2. The first-order valence-electron chi connectivity index (χ1n) is 24.7. The van der Waals surface area contributed by atoms with Gasteiger partial charge >= 0.3 is 12.2 Å². The molecule has 0 spiro atoms. The van der Waals surface area contributed by atoms with E-state index in [9.17, 15) is 19.2 Å². The minimum absolute atomic E-state index is 0.0843.